The Morgan fingerprint density at radius 1 is 1.24 bits per heavy atom. The molecule has 1 aliphatic heterocycles. The highest BCUT2D eigenvalue weighted by molar-refractivity contribution is 9.10. The number of carbonyl (C=O) groups excluding carboxylic acids is 2. The number of hydrogen-bond donors (Lipinski definition) is 2. The van der Waals surface area contributed by atoms with E-state index in [1.54, 1.807) is 48.5 Å². The van der Waals surface area contributed by atoms with E-state index in [1.807, 2.05) is 6.07 Å². The Bertz CT molecular complexity index is 1040. The van der Waals surface area contributed by atoms with Crippen molar-refractivity contribution in [2.24, 2.45) is 0 Å². The molecule has 29 heavy (non-hydrogen) atoms. The van der Waals surface area contributed by atoms with Crippen molar-refractivity contribution in [2.45, 2.75) is 6.17 Å². The van der Waals surface area contributed by atoms with Crippen LogP contribution in [0.4, 0.5) is 5.69 Å². The van der Waals surface area contributed by atoms with Gasteiger partial charge in [0, 0.05) is 15.2 Å². The van der Waals surface area contributed by atoms with Gasteiger partial charge in [-0.1, -0.05) is 27.5 Å². The van der Waals surface area contributed by atoms with Crippen molar-refractivity contribution in [3.8, 4) is 5.75 Å². The summed E-state index contributed by atoms with van der Waals surface area (Å²) in [5, 5.41) is 4.98. The van der Waals surface area contributed by atoms with Crippen molar-refractivity contribution in [1.29, 1.82) is 0 Å². The molecule has 9 heteroatoms. The van der Waals surface area contributed by atoms with Crippen molar-refractivity contribution in [3.05, 3.63) is 81.7 Å². The number of anilines is 1. The van der Waals surface area contributed by atoms with Crippen molar-refractivity contribution in [3.63, 3.8) is 0 Å². The second-order valence-electron chi connectivity index (χ2n) is 6.20. The summed E-state index contributed by atoms with van der Waals surface area (Å²) < 4.78 is 11.7. The van der Waals surface area contributed by atoms with E-state index in [4.69, 9.17) is 20.8 Å². The van der Waals surface area contributed by atoms with Gasteiger partial charge < -0.3 is 14.5 Å². The highest BCUT2D eigenvalue weighted by Crippen LogP contribution is 2.33. The topological polar surface area (TPSA) is 83.8 Å². The molecule has 1 aliphatic rings. The predicted molar refractivity (Wildman–Crippen MR) is 110 cm³/mol. The molecule has 0 radical (unpaired) electrons. The number of fused-ring (bicyclic) bond motifs is 1. The van der Waals surface area contributed by atoms with Crippen LogP contribution in [-0.4, -0.2) is 23.4 Å². The largest absolute Gasteiger partial charge is 0.484 e. The molecule has 0 bridgehead atoms. The van der Waals surface area contributed by atoms with Gasteiger partial charge in [0.2, 0.25) is 0 Å². The molecule has 0 saturated carbocycles. The van der Waals surface area contributed by atoms with E-state index in [9.17, 15) is 9.59 Å². The Kier molecular flexibility index (Phi) is 5.46. The number of nitrogens with one attached hydrogen (secondary N) is 2. The van der Waals surface area contributed by atoms with Crippen LogP contribution in [0.2, 0.25) is 5.02 Å². The fraction of sp³-hybridized carbons (Fsp3) is 0.100. The summed E-state index contributed by atoms with van der Waals surface area (Å²) in [6.45, 7) is -0.276. The highest BCUT2D eigenvalue weighted by atomic mass is 79.9. The normalized spacial score (nSPS) is 15.4. The van der Waals surface area contributed by atoms with Crippen LogP contribution in [0.1, 0.15) is 22.3 Å². The van der Waals surface area contributed by atoms with E-state index in [0.29, 0.717) is 27.8 Å². The fourth-order valence-electron chi connectivity index (χ4n) is 2.89. The number of benzene rings is 2. The number of carbonyl (C=O) groups is 2. The smallest absolute Gasteiger partial charge is 0.276 e. The van der Waals surface area contributed by atoms with Crippen molar-refractivity contribution in [1.82, 2.24) is 10.4 Å². The monoisotopic (exact) mass is 475 g/mol. The Morgan fingerprint density at radius 3 is 2.76 bits per heavy atom. The molecule has 0 saturated heterocycles. The number of rotatable bonds is 5. The Labute approximate surface area is 179 Å². The van der Waals surface area contributed by atoms with Crippen LogP contribution in [0.3, 0.4) is 0 Å². The predicted octanol–water partition coefficient (Wildman–Crippen LogP) is 4.37. The highest BCUT2D eigenvalue weighted by Gasteiger charge is 2.36. The summed E-state index contributed by atoms with van der Waals surface area (Å²) in [7, 11) is 0. The van der Waals surface area contributed by atoms with E-state index >= 15 is 0 Å². The molecule has 148 valence electrons. The third-order valence-corrected chi connectivity index (χ3v) is 4.97. The lowest BCUT2D eigenvalue weighted by atomic mass is 10.1. The average molecular weight is 477 g/mol. The zero-order valence-corrected chi connectivity index (χ0v) is 17.2. The molecule has 1 atom stereocenters. The maximum Gasteiger partial charge on any atom is 0.276 e. The minimum atomic E-state index is -0.703. The third-order valence-electron chi connectivity index (χ3n) is 4.22. The Hall–Kier alpha value is -2.97. The van der Waals surface area contributed by atoms with Gasteiger partial charge in [-0.25, -0.2) is 5.01 Å². The summed E-state index contributed by atoms with van der Waals surface area (Å²) in [6.07, 6.45) is 0.799. The molecule has 0 fully saturated rings. The first-order valence-corrected chi connectivity index (χ1v) is 9.79. The maximum atomic E-state index is 13.1. The van der Waals surface area contributed by atoms with Gasteiger partial charge in [0.15, 0.2) is 12.8 Å². The molecule has 1 unspecified atom stereocenters. The van der Waals surface area contributed by atoms with Crippen molar-refractivity contribution in [2.75, 3.05) is 11.9 Å². The van der Waals surface area contributed by atoms with Crippen LogP contribution in [-0.2, 0) is 4.79 Å². The van der Waals surface area contributed by atoms with Gasteiger partial charge >= 0.3 is 0 Å². The molecular weight excluding hydrogens is 462 g/mol. The van der Waals surface area contributed by atoms with Crippen LogP contribution >= 0.6 is 27.5 Å². The van der Waals surface area contributed by atoms with E-state index in [-0.39, 0.29) is 12.5 Å². The van der Waals surface area contributed by atoms with Crippen LogP contribution < -0.4 is 15.5 Å². The SMILES string of the molecule is O=C(COc1ccc(Cl)cc1)NN1C(=O)c2cc(Br)ccc2NC1c1ccco1. The second-order valence-corrected chi connectivity index (χ2v) is 7.56. The summed E-state index contributed by atoms with van der Waals surface area (Å²) in [5.41, 5.74) is 3.66. The lowest BCUT2D eigenvalue weighted by Gasteiger charge is -2.36. The molecule has 2 amide bonds. The Morgan fingerprint density at radius 2 is 2.03 bits per heavy atom. The number of hydrazine groups is 1. The first-order chi connectivity index (χ1) is 14.0. The van der Waals surface area contributed by atoms with Crippen LogP contribution in [0, 0.1) is 0 Å². The van der Waals surface area contributed by atoms with E-state index in [1.165, 1.54) is 11.3 Å². The standard InChI is InChI=1S/C20H15BrClN3O4/c21-12-3-8-16-15(10-12)20(27)25(19(23-16)17-2-1-9-28-17)24-18(26)11-29-14-6-4-13(22)5-7-14/h1-10,19,23H,11H2,(H,24,26). The summed E-state index contributed by atoms with van der Waals surface area (Å²) in [6, 6.07) is 15.4. The molecule has 2 aromatic carbocycles. The van der Waals surface area contributed by atoms with Crippen LogP contribution in [0.15, 0.2) is 69.8 Å². The van der Waals surface area contributed by atoms with E-state index in [2.05, 4.69) is 26.7 Å². The molecule has 4 rings (SSSR count). The molecule has 3 aromatic rings. The summed E-state index contributed by atoms with van der Waals surface area (Å²) in [5.74, 6) is 0.0988. The number of furan rings is 1. The third kappa shape index (κ3) is 4.23. The second kappa shape index (κ2) is 8.18. The number of amides is 2. The van der Waals surface area contributed by atoms with Crippen molar-refractivity contribution >= 4 is 45.0 Å². The van der Waals surface area contributed by atoms with Gasteiger partial charge in [0.1, 0.15) is 11.5 Å². The van der Waals surface area contributed by atoms with Gasteiger partial charge in [-0.3, -0.25) is 15.0 Å². The average Bonchev–Trinajstić information content (AvgIpc) is 3.24. The molecule has 1 aromatic heterocycles. The first kappa shape index (κ1) is 19.4. The number of ether oxygens (including phenoxy) is 1. The zero-order chi connectivity index (χ0) is 20.4. The summed E-state index contributed by atoms with van der Waals surface area (Å²) in [4.78, 5) is 25.5. The van der Waals surface area contributed by atoms with Crippen LogP contribution in [0.25, 0.3) is 0 Å². The maximum absolute atomic E-state index is 13.1. The van der Waals surface area contributed by atoms with Gasteiger partial charge in [0.05, 0.1) is 11.8 Å². The molecule has 0 spiro atoms. The fourth-order valence-corrected chi connectivity index (χ4v) is 3.37. The van der Waals surface area contributed by atoms with Crippen LogP contribution in [0.5, 0.6) is 5.75 Å². The minimum absolute atomic E-state index is 0.276. The van der Waals surface area contributed by atoms with E-state index in [0.717, 1.165) is 4.47 Å². The van der Waals surface area contributed by atoms with Gasteiger partial charge in [-0.05, 0) is 54.6 Å². The van der Waals surface area contributed by atoms with Gasteiger partial charge in [-0.2, -0.15) is 0 Å². The van der Waals surface area contributed by atoms with Gasteiger partial charge in [-0.15, -0.1) is 0 Å². The minimum Gasteiger partial charge on any atom is -0.484 e. The van der Waals surface area contributed by atoms with Crippen molar-refractivity contribution < 1.29 is 18.7 Å². The lowest BCUT2D eigenvalue weighted by Crippen LogP contribution is -2.53. The molecular formula is C20H15BrClN3O4. The quantitative estimate of drug-likeness (QED) is 0.571. The molecule has 2 N–H and O–H groups in total. The Balaban J connectivity index is 1.53. The van der Waals surface area contributed by atoms with Gasteiger partial charge in [0.25, 0.3) is 11.8 Å². The number of halogens is 2. The molecule has 0 aliphatic carbocycles. The molecule has 7 nitrogen and oxygen atoms in total. The van der Waals surface area contributed by atoms with E-state index < -0.39 is 12.1 Å². The zero-order valence-electron chi connectivity index (χ0n) is 14.9. The lowest BCUT2D eigenvalue weighted by molar-refractivity contribution is -0.127. The number of hydrogen-bond acceptors (Lipinski definition) is 5. The number of nitrogens with zero attached hydrogens (tertiary/aromatic N) is 1. The molecule has 2 heterocycles. The summed E-state index contributed by atoms with van der Waals surface area (Å²) >= 11 is 9.20. The first-order valence-electron chi connectivity index (χ1n) is 8.62.